The molecule has 2 heterocycles. The van der Waals surface area contributed by atoms with Crippen LogP contribution in [0.5, 0.6) is 0 Å². The van der Waals surface area contributed by atoms with Crippen molar-refractivity contribution < 1.29 is 4.42 Å². The molecule has 9 aromatic rings. The predicted octanol–water partition coefficient (Wildman–Crippen LogP) is 12.8. The molecule has 0 aliphatic carbocycles. The fourth-order valence-electron chi connectivity index (χ4n) is 7.01. The molecule has 0 fully saturated rings. The van der Waals surface area contributed by atoms with Crippen molar-refractivity contribution in [3.05, 3.63) is 180 Å². The Labute approximate surface area is 302 Å². The van der Waals surface area contributed by atoms with E-state index in [1.165, 1.54) is 11.1 Å². The van der Waals surface area contributed by atoms with Crippen LogP contribution in [-0.2, 0) is 0 Å². The minimum atomic E-state index is 0.636. The van der Waals surface area contributed by atoms with Crippen molar-refractivity contribution in [2.75, 3.05) is 0 Å². The molecule has 4 nitrogen and oxygen atoms in total. The molecule has 0 unspecified atom stereocenters. The van der Waals surface area contributed by atoms with Gasteiger partial charge >= 0.3 is 0 Å². The smallest absolute Gasteiger partial charge is 0.164 e. The molecule has 2 aromatic heterocycles. The first-order valence-electron chi connectivity index (χ1n) is 17.5. The fraction of sp³-hybridized carbons (Fsp3) is 0.0208. The van der Waals surface area contributed by atoms with Crippen molar-refractivity contribution in [1.29, 1.82) is 0 Å². The van der Waals surface area contributed by atoms with E-state index in [1.807, 2.05) is 67.6 Å². The van der Waals surface area contributed by atoms with Gasteiger partial charge in [0.2, 0.25) is 0 Å². The first-order chi connectivity index (χ1) is 25.7. The molecule has 0 saturated carbocycles. The van der Waals surface area contributed by atoms with E-state index in [2.05, 4.69) is 121 Å². The maximum atomic E-state index is 6.51. The largest absolute Gasteiger partial charge is 0.456 e. The molecular formula is C48H33N3O. The van der Waals surface area contributed by atoms with E-state index in [0.717, 1.165) is 66.1 Å². The zero-order valence-corrected chi connectivity index (χ0v) is 28.6. The third-order valence-electron chi connectivity index (χ3n) is 9.47. The second kappa shape index (κ2) is 13.4. The Morgan fingerprint density at radius 1 is 0.423 bits per heavy atom. The summed E-state index contributed by atoms with van der Waals surface area (Å²) in [6.07, 6.45) is 8.51. The number of fused-ring (bicyclic) bond motifs is 4. The van der Waals surface area contributed by atoms with E-state index in [1.54, 1.807) is 0 Å². The molecule has 0 atom stereocenters. The van der Waals surface area contributed by atoms with Crippen LogP contribution in [0, 0.1) is 0 Å². The summed E-state index contributed by atoms with van der Waals surface area (Å²) in [5.74, 6) is 1.92. The van der Waals surface area contributed by atoms with Crippen molar-refractivity contribution in [3.63, 3.8) is 0 Å². The normalized spacial score (nSPS) is 11.8. The van der Waals surface area contributed by atoms with E-state index in [4.69, 9.17) is 19.4 Å². The maximum Gasteiger partial charge on any atom is 0.164 e. The third kappa shape index (κ3) is 5.76. The van der Waals surface area contributed by atoms with Crippen molar-refractivity contribution in [1.82, 2.24) is 15.0 Å². The summed E-state index contributed by atoms with van der Waals surface area (Å²) >= 11 is 0. The molecule has 0 amide bonds. The van der Waals surface area contributed by atoms with Gasteiger partial charge in [-0.2, -0.15) is 0 Å². The number of rotatable bonds is 7. The van der Waals surface area contributed by atoms with E-state index < -0.39 is 0 Å². The van der Waals surface area contributed by atoms with Gasteiger partial charge in [0, 0.05) is 27.5 Å². The maximum absolute atomic E-state index is 6.51. The van der Waals surface area contributed by atoms with Crippen molar-refractivity contribution in [2.24, 2.45) is 0 Å². The topological polar surface area (TPSA) is 51.8 Å². The molecule has 9 rings (SSSR count). The highest BCUT2D eigenvalue weighted by atomic mass is 16.3. The van der Waals surface area contributed by atoms with Gasteiger partial charge in [0.25, 0.3) is 0 Å². The van der Waals surface area contributed by atoms with Crippen LogP contribution < -0.4 is 0 Å². The minimum absolute atomic E-state index is 0.636. The van der Waals surface area contributed by atoms with Gasteiger partial charge in [0.15, 0.2) is 17.5 Å². The second-order valence-corrected chi connectivity index (χ2v) is 12.7. The summed E-state index contributed by atoms with van der Waals surface area (Å²) in [6, 6.07) is 54.2. The van der Waals surface area contributed by atoms with Crippen LogP contribution in [0.4, 0.5) is 0 Å². The third-order valence-corrected chi connectivity index (χ3v) is 9.47. The summed E-state index contributed by atoms with van der Waals surface area (Å²) in [5.41, 5.74) is 10.3. The van der Waals surface area contributed by atoms with Gasteiger partial charge in [-0.05, 0) is 69.8 Å². The average Bonchev–Trinajstić information content (AvgIpc) is 3.59. The number of aromatic nitrogens is 3. The van der Waals surface area contributed by atoms with Gasteiger partial charge in [-0.15, -0.1) is 0 Å². The van der Waals surface area contributed by atoms with E-state index in [-0.39, 0.29) is 0 Å². The Kier molecular flexibility index (Phi) is 8.03. The monoisotopic (exact) mass is 667 g/mol. The van der Waals surface area contributed by atoms with Gasteiger partial charge in [0.1, 0.15) is 11.2 Å². The van der Waals surface area contributed by atoms with Crippen LogP contribution in [-0.4, -0.2) is 15.0 Å². The predicted molar refractivity (Wildman–Crippen MR) is 216 cm³/mol. The van der Waals surface area contributed by atoms with Crippen molar-refractivity contribution in [3.8, 4) is 45.3 Å². The number of benzene rings is 7. The highest BCUT2D eigenvalue weighted by Crippen LogP contribution is 2.41. The standard InChI is InChI=1S/C48H33N3O/c1-2-14-33-15-9-10-16-34(33)27-25-32-26-28-42-44(31-32)52-43-24-13-23-40(45(42)43)39-29-30-41(38-22-12-11-21-37(38)39)48-50-46(35-17-5-3-6-18-35)49-47(51-48)36-19-7-4-8-20-36/h2-31H,1H3/b14-2-,27-25+. The van der Waals surface area contributed by atoms with Crippen LogP contribution >= 0.6 is 0 Å². The first-order valence-corrected chi connectivity index (χ1v) is 17.5. The molecule has 0 radical (unpaired) electrons. The van der Waals surface area contributed by atoms with Crippen LogP contribution in [0.2, 0.25) is 0 Å². The lowest BCUT2D eigenvalue weighted by Crippen LogP contribution is -2.00. The lowest BCUT2D eigenvalue weighted by atomic mass is 9.92. The molecule has 0 aliphatic heterocycles. The molecule has 0 spiro atoms. The first kappa shape index (κ1) is 31.1. The summed E-state index contributed by atoms with van der Waals surface area (Å²) < 4.78 is 6.51. The number of nitrogens with zero attached hydrogens (tertiary/aromatic N) is 3. The van der Waals surface area contributed by atoms with Crippen LogP contribution in [0.1, 0.15) is 23.6 Å². The van der Waals surface area contributed by atoms with Crippen LogP contribution in [0.25, 0.3) is 96.2 Å². The quantitative estimate of drug-likeness (QED) is 0.159. The summed E-state index contributed by atoms with van der Waals surface area (Å²) in [7, 11) is 0. The van der Waals surface area contributed by atoms with Crippen LogP contribution in [0.15, 0.2) is 168 Å². The number of allylic oxidation sites excluding steroid dienone is 1. The molecule has 0 N–H and O–H groups in total. The van der Waals surface area contributed by atoms with Gasteiger partial charge in [-0.1, -0.05) is 158 Å². The van der Waals surface area contributed by atoms with E-state index >= 15 is 0 Å². The SMILES string of the molecule is C/C=C\c1ccccc1/C=C/c1ccc2c(c1)oc1cccc(-c3ccc(-c4nc(-c5ccccc5)nc(-c5ccccc5)n4)c4ccccc34)c12. The summed E-state index contributed by atoms with van der Waals surface area (Å²) in [4.78, 5) is 15.0. The lowest BCUT2D eigenvalue weighted by Gasteiger charge is -2.13. The molecule has 0 aliphatic rings. The zero-order chi connectivity index (χ0) is 34.9. The Hall–Kier alpha value is -6.91. The molecule has 4 heteroatoms. The molecule has 7 aromatic carbocycles. The van der Waals surface area contributed by atoms with Gasteiger partial charge in [-0.3, -0.25) is 0 Å². The number of furan rings is 1. The van der Waals surface area contributed by atoms with Crippen LogP contribution in [0.3, 0.4) is 0 Å². The highest BCUT2D eigenvalue weighted by Gasteiger charge is 2.18. The lowest BCUT2D eigenvalue weighted by molar-refractivity contribution is 0.669. The zero-order valence-electron chi connectivity index (χ0n) is 28.6. The molecule has 52 heavy (non-hydrogen) atoms. The Morgan fingerprint density at radius 3 is 1.71 bits per heavy atom. The van der Waals surface area contributed by atoms with Gasteiger partial charge < -0.3 is 4.42 Å². The molecule has 246 valence electrons. The Morgan fingerprint density at radius 2 is 1.02 bits per heavy atom. The molecule has 0 saturated heterocycles. The Balaban J connectivity index is 1.17. The molecule has 0 bridgehead atoms. The van der Waals surface area contributed by atoms with Gasteiger partial charge in [-0.25, -0.2) is 15.0 Å². The van der Waals surface area contributed by atoms with E-state index in [0.29, 0.717) is 17.5 Å². The van der Waals surface area contributed by atoms with Crippen molar-refractivity contribution >= 4 is 50.9 Å². The molecular weight excluding hydrogens is 635 g/mol. The van der Waals surface area contributed by atoms with E-state index in [9.17, 15) is 0 Å². The fourth-order valence-corrected chi connectivity index (χ4v) is 7.01. The van der Waals surface area contributed by atoms with Crippen molar-refractivity contribution in [2.45, 2.75) is 6.92 Å². The number of hydrogen-bond acceptors (Lipinski definition) is 4. The highest BCUT2D eigenvalue weighted by molar-refractivity contribution is 6.16. The summed E-state index contributed by atoms with van der Waals surface area (Å²) in [6.45, 7) is 2.04. The van der Waals surface area contributed by atoms with Gasteiger partial charge in [0.05, 0.1) is 0 Å². The average molecular weight is 668 g/mol. The summed E-state index contributed by atoms with van der Waals surface area (Å²) in [5, 5.41) is 4.37. The minimum Gasteiger partial charge on any atom is -0.456 e. The number of hydrogen-bond donors (Lipinski definition) is 0. The Bertz CT molecular complexity index is 2740. The second-order valence-electron chi connectivity index (χ2n) is 12.7.